The Balaban J connectivity index is 5.00. The smallest absolute Gasteiger partial charge is 0.312 e. The third-order valence-electron chi connectivity index (χ3n) is 2.09. The van der Waals surface area contributed by atoms with Crippen LogP contribution < -0.4 is 5.73 Å². The van der Waals surface area contributed by atoms with Gasteiger partial charge in [0.25, 0.3) is 5.06 Å². The maximum absolute atomic E-state index is 10.6. The van der Waals surface area contributed by atoms with E-state index >= 15 is 0 Å². The van der Waals surface area contributed by atoms with Gasteiger partial charge in [-0.2, -0.15) is 8.42 Å². The van der Waals surface area contributed by atoms with Crippen molar-refractivity contribution in [2.75, 3.05) is 6.61 Å². The van der Waals surface area contributed by atoms with Crippen LogP contribution in [0, 0.1) is 0 Å². The molecule has 9 N–H and O–H groups in total. The minimum Gasteiger partial charge on any atom is -0.394 e. The first-order chi connectivity index (χ1) is 7.46. The molecule has 11 heteroatoms. The fourth-order valence-electron chi connectivity index (χ4n) is 0.920. The Hall–Kier alpha value is -0.370. The van der Waals surface area contributed by atoms with Crippen molar-refractivity contribution in [2.24, 2.45) is 5.73 Å². The summed E-state index contributed by atoms with van der Waals surface area (Å²) in [5.74, 6) is 0. The van der Waals surface area contributed by atoms with E-state index in [1.165, 1.54) is 0 Å². The van der Waals surface area contributed by atoms with Gasteiger partial charge in [-0.15, -0.1) is 0 Å². The van der Waals surface area contributed by atoms with Gasteiger partial charge in [0.1, 0.15) is 24.4 Å². The average Bonchev–Trinajstić information content (AvgIpc) is 2.23. The second-order valence-electron chi connectivity index (χ2n) is 3.40. The van der Waals surface area contributed by atoms with Crippen molar-refractivity contribution in [3.63, 3.8) is 0 Å². The van der Waals surface area contributed by atoms with Crippen molar-refractivity contribution in [2.45, 2.75) is 29.5 Å². The number of rotatable bonds is 6. The Morgan fingerprint density at radius 2 is 1.53 bits per heavy atom. The fourth-order valence-corrected chi connectivity index (χ4v) is 1.36. The quantitative estimate of drug-likeness (QED) is 0.171. The maximum Gasteiger partial charge on any atom is 0.312 e. The molecule has 0 spiro atoms. The second-order valence-corrected chi connectivity index (χ2v) is 5.01. The average molecular weight is 277 g/mol. The molecule has 0 heterocycles. The molecule has 0 bridgehead atoms. The third-order valence-corrected chi connectivity index (χ3v) is 3.16. The highest BCUT2D eigenvalue weighted by Crippen LogP contribution is 2.17. The van der Waals surface area contributed by atoms with E-state index in [1.54, 1.807) is 0 Å². The zero-order chi connectivity index (χ0) is 14.0. The SMILES string of the molecule is NC(O)([C@H](O)[C@@H](O)[C@H](O)[C@H](O)CO)S(=O)(=O)O. The zero-order valence-corrected chi connectivity index (χ0v) is 9.27. The molecule has 0 aliphatic heterocycles. The van der Waals surface area contributed by atoms with Crippen molar-refractivity contribution in [1.29, 1.82) is 0 Å². The van der Waals surface area contributed by atoms with Crippen molar-refractivity contribution < 1.29 is 43.6 Å². The van der Waals surface area contributed by atoms with E-state index in [9.17, 15) is 18.6 Å². The lowest BCUT2D eigenvalue weighted by molar-refractivity contribution is -0.149. The number of hydrogen-bond donors (Lipinski definition) is 8. The lowest BCUT2D eigenvalue weighted by Gasteiger charge is -2.32. The molecule has 0 fully saturated rings. The molecule has 17 heavy (non-hydrogen) atoms. The van der Waals surface area contributed by atoms with Gasteiger partial charge in [0, 0.05) is 0 Å². The lowest BCUT2D eigenvalue weighted by atomic mass is 10.0. The third kappa shape index (κ3) is 3.54. The molecule has 10 nitrogen and oxygen atoms in total. The number of aliphatic hydroxyl groups excluding tert-OH is 5. The number of aliphatic hydroxyl groups is 6. The standard InChI is InChI=1S/C6H15NO9S/c7-6(13,17(14,15)16)5(12)4(11)3(10)2(9)1-8/h2-5,8-13H,1,7H2,(H,14,15,16)/t2-,3-,4+,5-,6?/m1/s1. The Morgan fingerprint density at radius 3 is 1.82 bits per heavy atom. The van der Waals surface area contributed by atoms with Crippen LogP contribution in [0.1, 0.15) is 0 Å². The second kappa shape index (κ2) is 5.51. The molecule has 5 atom stereocenters. The largest absolute Gasteiger partial charge is 0.394 e. The molecule has 0 rings (SSSR count). The van der Waals surface area contributed by atoms with Gasteiger partial charge < -0.3 is 30.6 Å². The Morgan fingerprint density at radius 1 is 1.12 bits per heavy atom. The number of nitrogens with two attached hydrogens (primary N) is 1. The first kappa shape index (κ1) is 16.6. The normalized spacial score (nSPS) is 23.5. The monoisotopic (exact) mass is 277 g/mol. The lowest BCUT2D eigenvalue weighted by Crippen LogP contribution is -2.64. The molecular formula is C6H15NO9S. The molecule has 0 saturated heterocycles. The predicted molar refractivity (Wildman–Crippen MR) is 51.8 cm³/mol. The van der Waals surface area contributed by atoms with Gasteiger partial charge in [0.05, 0.1) is 6.61 Å². The summed E-state index contributed by atoms with van der Waals surface area (Å²) in [6.45, 7) is -1.00. The first-order valence-corrected chi connectivity index (χ1v) is 5.72. The minimum absolute atomic E-state index is 1.00. The Kier molecular flexibility index (Phi) is 5.39. The van der Waals surface area contributed by atoms with E-state index in [2.05, 4.69) is 5.73 Å². The van der Waals surface area contributed by atoms with Crippen LogP contribution in [0.3, 0.4) is 0 Å². The van der Waals surface area contributed by atoms with Gasteiger partial charge in [-0.3, -0.25) is 10.3 Å². The fraction of sp³-hybridized carbons (Fsp3) is 1.00. The molecule has 0 amide bonds. The van der Waals surface area contributed by atoms with Crippen LogP contribution in [-0.4, -0.2) is 79.7 Å². The van der Waals surface area contributed by atoms with E-state index in [-0.39, 0.29) is 0 Å². The van der Waals surface area contributed by atoms with E-state index in [0.29, 0.717) is 0 Å². The minimum atomic E-state index is -5.34. The first-order valence-electron chi connectivity index (χ1n) is 4.28. The molecule has 0 aromatic rings. The highest BCUT2D eigenvalue weighted by molar-refractivity contribution is 7.87. The van der Waals surface area contributed by atoms with Gasteiger partial charge in [0.15, 0.2) is 0 Å². The van der Waals surface area contributed by atoms with Crippen LogP contribution in [0.5, 0.6) is 0 Å². The van der Waals surface area contributed by atoms with Crippen LogP contribution in [0.2, 0.25) is 0 Å². The van der Waals surface area contributed by atoms with Crippen molar-refractivity contribution in [3.8, 4) is 0 Å². The summed E-state index contributed by atoms with van der Waals surface area (Å²) in [5, 5.41) is 50.3. The summed E-state index contributed by atoms with van der Waals surface area (Å²) in [7, 11) is -5.34. The topological polar surface area (TPSA) is 202 Å². The molecule has 104 valence electrons. The van der Waals surface area contributed by atoms with Crippen LogP contribution >= 0.6 is 0 Å². The molecule has 1 unspecified atom stereocenters. The zero-order valence-electron chi connectivity index (χ0n) is 8.45. The van der Waals surface area contributed by atoms with Gasteiger partial charge in [-0.25, -0.2) is 0 Å². The highest BCUT2D eigenvalue weighted by atomic mass is 32.2. The van der Waals surface area contributed by atoms with E-state index < -0.39 is 46.2 Å². The molecule has 0 aliphatic carbocycles. The summed E-state index contributed by atoms with van der Waals surface area (Å²) < 4.78 is 29.6. The molecule has 0 aromatic heterocycles. The van der Waals surface area contributed by atoms with Crippen molar-refractivity contribution in [1.82, 2.24) is 0 Å². The van der Waals surface area contributed by atoms with Crippen LogP contribution in [-0.2, 0) is 10.1 Å². The van der Waals surface area contributed by atoms with E-state index in [1.807, 2.05) is 0 Å². The molecular weight excluding hydrogens is 262 g/mol. The summed E-state index contributed by atoms with van der Waals surface area (Å²) in [6, 6.07) is 0. The van der Waals surface area contributed by atoms with Crippen molar-refractivity contribution in [3.05, 3.63) is 0 Å². The Labute approximate surface area is 96.3 Å². The summed E-state index contributed by atoms with van der Waals surface area (Å²) in [5.41, 5.74) is 4.67. The van der Waals surface area contributed by atoms with Gasteiger partial charge in [-0.05, 0) is 0 Å². The van der Waals surface area contributed by atoms with E-state index in [0.717, 1.165) is 0 Å². The van der Waals surface area contributed by atoms with Crippen molar-refractivity contribution >= 4 is 10.1 Å². The predicted octanol–water partition coefficient (Wildman–Crippen LogP) is -5.09. The molecule has 0 radical (unpaired) electrons. The Bertz CT molecular complexity index is 341. The van der Waals surface area contributed by atoms with Gasteiger partial charge in [-0.1, -0.05) is 0 Å². The van der Waals surface area contributed by atoms with E-state index in [4.69, 9.17) is 25.0 Å². The van der Waals surface area contributed by atoms with Gasteiger partial charge in [0.2, 0.25) is 0 Å². The van der Waals surface area contributed by atoms with Crippen LogP contribution in [0.15, 0.2) is 0 Å². The van der Waals surface area contributed by atoms with Crippen LogP contribution in [0.4, 0.5) is 0 Å². The van der Waals surface area contributed by atoms with Gasteiger partial charge >= 0.3 is 10.1 Å². The summed E-state index contributed by atoms with van der Waals surface area (Å²) >= 11 is 0. The molecule has 0 saturated carbocycles. The summed E-state index contributed by atoms with van der Waals surface area (Å²) in [6.07, 6.45) is -9.23. The van der Waals surface area contributed by atoms with Crippen LogP contribution in [0.25, 0.3) is 0 Å². The summed E-state index contributed by atoms with van der Waals surface area (Å²) in [4.78, 5) is 0. The maximum atomic E-state index is 10.6. The number of hydrogen-bond acceptors (Lipinski definition) is 9. The molecule has 0 aromatic carbocycles. The molecule has 0 aliphatic rings. The highest BCUT2D eigenvalue weighted by Gasteiger charge is 2.50.